The number of para-hydroxylation sites is 1. The number of hydrogen-bond donors (Lipinski definition) is 0. The van der Waals surface area contributed by atoms with Gasteiger partial charge in [0.15, 0.2) is 12.4 Å². The van der Waals surface area contributed by atoms with E-state index >= 15 is 0 Å². The van der Waals surface area contributed by atoms with Gasteiger partial charge in [0.2, 0.25) is 0 Å². The van der Waals surface area contributed by atoms with Gasteiger partial charge in [-0.1, -0.05) is 35.3 Å². The maximum absolute atomic E-state index is 13.1. The predicted octanol–water partition coefficient (Wildman–Crippen LogP) is 5.20. The average Bonchev–Trinajstić information content (AvgIpc) is 2.82. The van der Waals surface area contributed by atoms with Gasteiger partial charge in [-0.15, -0.1) is 10.2 Å². The van der Waals surface area contributed by atoms with Gasteiger partial charge in [0.25, 0.3) is 5.91 Å². The normalized spacial score (nSPS) is 14.3. The van der Waals surface area contributed by atoms with Gasteiger partial charge in [-0.05, 0) is 42.5 Å². The number of halogens is 5. The molecule has 1 aliphatic rings. The number of amides is 1. The van der Waals surface area contributed by atoms with Gasteiger partial charge in [0, 0.05) is 36.8 Å². The lowest BCUT2D eigenvalue weighted by Crippen LogP contribution is -2.50. The summed E-state index contributed by atoms with van der Waals surface area (Å²) >= 11 is 12.2. The van der Waals surface area contributed by atoms with Crippen molar-refractivity contribution in [3.63, 3.8) is 0 Å². The lowest BCUT2D eigenvalue weighted by molar-refractivity contribution is -0.141. The second kappa shape index (κ2) is 10.1. The van der Waals surface area contributed by atoms with E-state index in [2.05, 4.69) is 10.2 Å². The van der Waals surface area contributed by atoms with Gasteiger partial charge in [-0.25, -0.2) is 0 Å². The summed E-state index contributed by atoms with van der Waals surface area (Å²) in [5, 5.41) is 9.52. The number of alkyl halides is 3. The zero-order chi connectivity index (χ0) is 24.3. The number of piperazine rings is 1. The number of anilines is 1. The third kappa shape index (κ3) is 5.53. The van der Waals surface area contributed by atoms with Crippen molar-refractivity contribution < 1.29 is 22.7 Å². The molecule has 0 saturated carbocycles. The second-order valence-electron chi connectivity index (χ2n) is 7.55. The topological polar surface area (TPSA) is 58.6 Å². The fraction of sp³-hybridized carbons (Fsp3) is 0.261. The molecule has 2 aromatic carbocycles. The molecule has 0 radical (unpaired) electrons. The van der Waals surface area contributed by atoms with Gasteiger partial charge in [0.1, 0.15) is 5.75 Å². The van der Waals surface area contributed by atoms with Crippen LogP contribution in [0.25, 0.3) is 11.3 Å². The summed E-state index contributed by atoms with van der Waals surface area (Å²) in [6.07, 6.45) is -4.55. The summed E-state index contributed by atoms with van der Waals surface area (Å²) in [5.74, 6) is -0.0927. The minimum absolute atomic E-state index is 0.363. The van der Waals surface area contributed by atoms with Crippen molar-refractivity contribution in [2.45, 2.75) is 6.18 Å². The number of nitrogens with zero attached hydrogens (tertiary/aromatic N) is 4. The molecule has 0 atom stereocenters. The van der Waals surface area contributed by atoms with Crippen LogP contribution in [-0.2, 0) is 11.0 Å². The molecule has 6 nitrogen and oxygen atoms in total. The molecular weight excluding hydrogens is 492 g/mol. The highest BCUT2D eigenvalue weighted by atomic mass is 35.5. The number of hydrogen-bond acceptors (Lipinski definition) is 5. The van der Waals surface area contributed by atoms with E-state index in [0.717, 1.165) is 6.07 Å². The van der Waals surface area contributed by atoms with Crippen LogP contribution >= 0.6 is 23.2 Å². The molecule has 34 heavy (non-hydrogen) atoms. The van der Waals surface area contributed by atoms with Crippen molar-refractivity contribution in [1.29, 1.82) is 0 Å². The summed E-state index contributed by atoms with van der Waals surface area (Å²) in [5.41, 5.74) is 0.415. The third-order valence-electron chi connectivity index (χ3n) is 5.36. The molecule has 178 valence electrons. The minimum Gasteiger partial charge on any atom is -0.483 e. The van der Waals surface area contributed by atoms with Gasteiger partial charge < -0.3 is 14.5 Å². The summed E-state index contributed by atoms with van der Waals surface area (Å²) < 4.78 is 44.5. The zero-order valence-electron chi connectivity index (χ0n) is 17.7. The Labute approximate surface area is 203 Å². The molecule has 0 bridgehead atoms. The number of carbonyl (C=O) groups excluding carboxylic acids is 1. The van der Waals surface area contributed by atoms with E-state index in [0.29, 0.717) is 53.3 Å². The van der Waals surface area contributed by atoms with Gasteiger partial charge in [-0.3, -0.25) is 4.79 Å². The highest BCUT2D eigenvalue weighted by Gasteiger charge is 2.34. The van der Waals surface area contributed by atoms with Crippen LogP contribution in [-0.4, -0.2) is 53.8 Å². The van der Waals surface area contributed by atoms with Crippen molar-refractivity contribution >= 4 is 34.9 Å². The molecule has 2 heterocycles. The van der Waals surface area contributed by atoms with E-state index in [1.165, 1.54) is 18.2 Å². The monoisotopic (exact) mass is 510 g/mol. The Morgan fingerprint density at radius 3 is 2.35 bits per heavy atom. The van der Waals surface area contributed by atoms with Crippen molar-refractivity contribution in [3.05, 3.63) is 70.2 Å². The molecule has 11 heteroatoms. The fourth-order valence-electron chi connectivity index (χ4n) is 3.58. The number of benzene rings is 2. The first-order valence-electron chi connectivity index (χ1n) is 10.3. The number of aromatic nitrogens is 2. The Morgan fingerprint density at radius 2 is 1.71 bits per heavy atom. The molecule has 0 N–H and O–H groups in total. The third-order valence-corrected chi connectivity index (χ3v) is 5.91. The highest BCUT2D eigenvalue weighted by Crippen LogP contribution is 2.36. The molecule has 1 fully saturated rings. The van der Waals surface area contributed by atoms with Gasteiger partial charge >= 0.3 is 6.18 Å². The SMILES string of the molecule is O=C(COc1ccccc1C(F)(F)F)N1CCN(c2ccc(-c3ccc(Cl)cc3Cl)nn2)CC1. The van der Waals surface area contributed by atoms with Crippen LogP contribution in [0.2, 0.25) is 10.0 Å². The van der Waals surface area contributed by atoms with Gasteiger partial charge in [0.05, 0.1) is 16.3 Å². The van der Waals surface area contributed by atoms with E-state index in [1.54, 1.807) is 29.2 Å². The van der Waals surface area contributed by atoms with Crippen LogP contribution in [0.3, 0.4) is 0 Å². The van der Waals surface area contributed by atoms with Crippen molar-refractivity contribution in [3.8, 4) is 17.0 Å². The van der Waals surface area contributed by atoms with E-state index in [4.69, 9.17) is 27.9 Å². The van der Waals surface area contributed by atoms with Crippen LogP contribution in [0.4, 0.5) is 19.0 Å². The molecular formula is C23H19Cl2F3N4O2. The Hall–Kier alpha value is -3.04. The predicted molar refractivity (Wildman–Crippen MR) is 123 cm³/mol. The van der Waals surface area contributed by atoms with Crippen LogP contribution in [0, 0.1) is 0 Å². The quantitative estimate of drug-likeness (QED) is 0.472. The first kappa shape index (κ1) is 24.1. The van der Waals surface area contributed by atoms with E-state index in [-0.39, 0.29) is 11.7 Å². The Kier molecular flexibility index (Phi) is 7.13. The van der Waals surface area contributed by atoms with Crippen molar-refractivity contribution in [1.82, 2.24) is 15.1 Å². The molecule has 1 amide bonds. The van der Waals surface area contributed by atoms with Crippen LogP contribution in [0.5, 0.6) is 5.75 Å². The summed E-state index contributed by atoms with van der Waals surface area (Å²) in [7, 11) is 0. The molecule has 1 aliphatic heterocycles. The summed E-state index contributed by atoms with van der Waals surface area (Å²) in [4.78, 5) is 16.0. The largest absolute Gasteiger partial charge is 0.483 e. The van der Waals surface area contributed by atoms with Crippen LogP contribution in [0.15, 0.2) is 54.6 Å². The highest BCUT2D eigenvalue weighted by molar-refractivity contribution is 6.36. The maximum atomic E-state index is 13.1. The number of ether oxygens (including phenoxy) is 1. The molecule has 3 aromatic rings. The molecule has 0 spiro atoms. The zero-order valence-corrected chi connectivity index (χ0v) is 19.2. The maximum Gasteiger partial charge on any atom is 0.419 e. The van der Waals surface area contributed by atoms with E-state index in [1.807, 2.05) is 11.0 Å². The standard InChI is InChI=1S/C23H19Cl2F3N4O2/c24-15-5-6-16(18(25)13-15)19-7-8-21(30-29-19)31-9-11-32(12-10-31)22(33)14-34-20-4-2-1-3-17(20)23(26,27)28/h1-8,13H,9-12,14H2. The Balaban J connectivity index is 1.32. The molecule has 1 saturated heterocycles. The average molecular weight is 511 g/mol. The smallest absolute Gasteiger partial charge is 0.419 e. The fourth-order valence-corrected chi connectivity index (χ4v) is 4.08. The van der Waals surface area contributed by atoms with Crippen molar-refractivity contribution in [2.24, 2.45) is 0 Å². The molecule has 0 unspecified atom stereocenters. The lowest BCUT2D eigenvalue weighted by Gasteiger charge is -2.35. The van der Waals surface area contributed by atoms with Crippen molar-refractivity contribution in [2.75, 3.05) is 37.7 Å². The first-order chi connectivity index (χ1) is 16.2. The van der Waals surface area contributed by atoms with E-state index < -0.39 is 18.3 Å². The minimum atomic E-state index is -4.55. The number of rotatable bonds is 5. The van der Waals surface area contributed by atoms with Crippen LogP contribution in [0.1, 0.15) is 5.56 Å². The van der Waals surface area contributed by atoms with E-state index in [9.17, 15) is 18.0 Å². The lowest BCUT2D eigenvalue weighted by atomic mass is 10.1. The summed E-state index contributed by atoms with van der Waals surface area (Å²) in [6.45, 7) is 1.30. The van der Waals surface area contributed by atoms with Gasteiger partial charge in [-0.2, -0.15) is 13.2 Å². The second-order valence-corrected chi connectivity index (χ2v) is 8.40. The molecule has 1 aromatic heterocycles. The molecule has 0 aliphatic carbocycles. The summed E-state index contributed by atoms with van der Waals surface area (Å²) in [6, 6.07) is 13.6. The Bertz CT molecular complexity index is 1170. The molecule has 4 rings (SSSR count). The Morgan fingerprint density at radius 1 is 0.971 bits per heavy atom. The van der Waals surface area contributed by atoms with Crippen LogP contribution < -0.4 is 9.64 Å². The first-order valence-corrected chi connectivity index (χ1v) is 11.1. The number of carbonyl (C=O) groups is 1.